The Hall–Kier alpha value is 0.394. The summed E-state index contributed by atoms with van der Waals surface area (Å²) in [5.74, 6) is 0. The van der Waals surface area contributed by atoms with Crippen LogP contribution in [0.3, 0.4) is 0 Å². The second-order valence-corrected chi connectivity index (χ2v) is 5.42. The predicted molar refractivity (Wildman–Crippen MR) is 39.3 cm³/mol. The van der Waals surface area contributed by atoms with E-state index in [4.69, 9.17) is 0 Å². The first-order valence-corrected chi connectivity index (χ1v) is 9.53. The average molecular weight is 131 g/mol. The van der Waals surface area contributed by atoms with Crippen molar-refractivity contribution in [2.24, 2.45) is 0 Å². The van der Waals surface area contributed by atoms with Crippen molar-refractivity contribution in [2.75, 3.05) is 0 Å². The van der Waals surface area contributed by atoms with E-state index in [2.05, 4.69) is 4.98 Å². The van der Waals surface area contributed by atoms with Crippen LogP contribution in [-0.2, 0) is 0 Å². The van der Waals surface area contributed by atoms with Crippen molar-refractivity contribution in [1.82, 2.24) is 4.98 Å². The van der Waals surface area contributed by atoms with Gasteiger partial charge in [0.2, 0.25) is 0 Å². The zero-order valence-electron chi connectivity index (χ0n) is 4.91. The second kappa shape index (κ2) is 2.64. The van der Waals surface area contributed by atoms with E-state index in [0.29, 0.717) is 9.20 Å². The fraction of sp³-hybridized carbons (Fsp3) is 1.00. The van der Waals surface area contributed by atoms with Gasteiger partial charge in [-0.25, -0.2) is 0 Å². The molecule has 1 saturated carbocycles. The molecule has 1 N–H and O–H groups in total. The fourth-order valence-corrected chi connectivity index (χ4v) is 3.62. The van der Waals surface area contributed by atoms with E-state index in [-0.39, 0.29) is 0 Å². The van der Waals surface area contributed by atoms with E-state index in [1.807, 2.05) is 0 Å². The molecule has 42 valence electrons. The second-order valence-electron chi connectivity index (χ2n) is 2.19. The van der Waals surface area contributed by atoms with Crippen molar-refractivity contribution in [3.63, 3.8) is 0 Å². The summed E-state index contributed by atoms with van der Waals surface area (Å²) < 4.78 is 0. The van der Waals surface area contributed by atoms with E-state index in [1.165, 1.54) is 29.0 Å². The van der Waals surface area contributed by atoms with Crippen molar-refractivity contribution in [1.29, 1.82) is 0 Å². The van der Waals surface area contributed by atoms with Crippen LogP contribution >= 0.6 is 0 Å². The van der Waals surface area contributed by atoms with Crippen molar-refractivity contribution in [2.45, 2.75) is 25.3 Å². The topological polar surface area (TPSA) is 12.0 Å². The zero-order chi connectivity index (χ0) is 5.11. The maximum absolute atomic E-state index is 3.58. The van der Waals surface area contributed by atoms with Gasteiger partial charge in [-0.15, -0.1) is 0 Å². The SMILES string of the molecule is [SiH3][SiH2]NC1CCC1. The molecule has 0 saturated heterocycles. The Bertz CT molecular complexity index is 53.7. The molecule has 0 amide bonds. The molecule has 1 aliphatic carbocycles. The van der Waals surface area contributed by atoms with Crippen molar-refractivity contribution >= 4 is 19.0 Å². The lowest BCUT2D eigenvalue weighted by atomic mass is 9.94. The summed E-state index contributed by atoms with van der Waals surface area (Å²) in [6.07, 6.45) is 4.41. The molecular formula is C4H13NSi2. The van der Waals surface area contributed by atoms with Crippen LogP contribution in [0.15, 0.2) is 0 Å². The van der Waals surface area contributed by atoms with Crippen LogP contribution in [0.1, 0.15) is 19.3 Å². The molecule has 0 bridgehead atoms. The van der Waals surface area contributed by atoms with Gasteiger partial charge in [0.25, 0.3) is 0 Å². The summed E-state index contributed by atoms with van der Waals surface area (Å²) in [6.45, 7) is 0. The maximum atomic E-state index is 3.58. The van der Waals surface area contributed by atoms with Gasteiger partial charge in [-0.1, -0.05) is 6.42 Å². The van der Waals surface area contributed by atoms with E-state index in [1.54, 1.807) is 0 Å². The molecule has 0 heterocycles. The van der Waals surface area contributed by atoms with Crippen LogP contribution in [0.25, 0.3) is 0 Å². The molecule has 0 spiro atoms. The highest BCUT2D eigenvalue weighted by Crippen LogP contribution is 2.16. The van der Waals surface area contributed by atoms with Crippen LogP contribution in [0, 0.1) is 0 Å². The summed E-state index contributed by atoms with van der Waals surface area (Å²) >= 11 is 0. The molecular weight excluding hydrogens is 118 g/mol. The lowest BCUT2D eigenvalue weighted by Gasteiger charge is -2.25. The minimum absolute atomic E-state index is 0.296. The molecule has 1 aliphatic rings. The third-order valence-electron chi connectivity index (χ3n) is 1.60. The molecule has 0 aromatic heterocycles. The van der Waals surface area contributed by atoms with E-state index in [0.717, 1.165) is 6.04 Å². The first-order chi connectivity index (χ1) is 3.43. The summed E-state index contributed by atoms with van der Waals surface area (Å²) in [5, 5.41) is 0. The van der Waals surface area contributed by atoms with E-state index >= 15 is 0 Å². The number of nitrogens with one attached hydrogen (secondary N) is 1. The van der Waals surface area contributed by atoms with Gasteiger partial charge in [-0.05, 0) is 18.9 Å². The molecule has 1 fully saturated rings. The highest BCUT2D eigenvalue weighted by molar-refractivity contribution is 6.87. The van der Waals surface area contributed by atoms with Gasteiger partial charge in [-0.3, -0.25) is 0 Å². The van der Waals surface area contributed by atoms with E-state index < -0.39 is 0 Å². The highest BCUT2D eigenvalue weighted by atomic mass is 29.1. The van der Waals surface area contributed by atoms with E-state index in [9.17, 15) is 0 Å². The average Bonchev–Trinajstić information content (AvgIpc) is 1.55. The molecule has 0 aromatic carbocycles. The molecule has 1 nitrogen and oxygen atoms in total. The first kappa shape index (κ1) is 5.53. The lowest BCUT2D eigenvalue weighted by Crippen LogP contribution is -2.37. The quantitative estimate of drug-likeness (QED) is 0.450. The van der Waals surface area contributed by atoms with Gasteiger partial charge < -0.3 is 4.98 Å². The van der Waals surface area contributed by atoms with Gasteiger partial charge in [0.05, 0.1) is 9.20 Å². The van der Waals surface area contributed by atoms with Crippen molar-refractivity contribution in [3.8, 4) is 0 Å². The minimum atomic E-state index is 0.296. The molecule has 0 atom stereocenters. The Kier molecular flexibility index (Phi) is 2.09. The summed E-state index contributed by atoms with van der Waals surface area (Å²) in [4.78, 5) is 3.58. The van der Waals surface area contributed by atoms with Crippen LogP contribution in [-0.4, -0.2) is 25.0 Å². The summed E-state index contributed by atoms with van der Waals surface area (Å²) in [7, 11) is 1.75. The fourth-order valence-electron chi connectivity index (χ4n) is 0.901. The van der Waals surface area contributed by atoms with Crippen molar-refractivity contribution in [3.05, 3.63) is 0 Å². The predicted octanol–water partition coefficient (Wildman–Crippen LogP) is -1.51. The number of rotatable bonds is 2. The molecule has 0 aromatic rings. The largest absolute Gasteiger partial charge is 0.343 e. The lowest BCUT2D eigenvalue weighted by molar-refractivity contribution is 0.390. The smallest absolute Gasteiger partial charge is 0.0725 e. The van der Waals surface area contributed by atoms with Crippen LogP contribution in [0.4, 0.5) is 0 Å². The van der Waals surface area contributed by atoms with Gasteiger partial charge in [-0.2, -0.15) is 0 Å². The molecule has 1 rings (SSSR count). The minimum Gasteiger partial charge on any atom is -0.343 e. The van der Waals surface area contributed by atoms with Crippen LogP contribution < -0.4 is 4.98 Å². The van der Waals surface area contributed by atoms with Crippen molar-refractivity contribution < 1.29 is 0 Å². The van der Waals surface area contributed by atoms with Gasteiger partial charge in [0.15, 0.2) is 0 Å². The summed E-state index contributed by atoms with van der Waals surface area (Å²) in [5.41, 5.74) is 0. The Labute approximate surface area is 50.0 Å². The molecule has 0 unspecified atom stereocenters. The Morgan fingerprint density at radius 3 is 2.43 bits per heavy atom. The summed E-state index contributed by atoms with van der Waals surface area (Å²) in [6, 6.07) is 0.976. The molecule has 7 heavy (non-hydrogen) atoms. The standard InChI is InChI=1S/C4H13NSi2/c6-7-5-4-2-1-3-4/h4-5H,1-3,7H2,6H3. The Balaban J connectivity index is 1.93. The third kappa shape index (κ3) is 1.40. The normalized spacial score (nSPS) is 24.0. The Morgan fingerprint density at radius 1 is 1.57 bits per heavy atom. The third-order valence-corrected chi connectivity index (χ3v) is 3.81. The maximum Gasteiger partial charge on any atom is 0.0725 e. The van der Waals surface area contributed by atoms with Gasteiger partial charge >= 0.3 is 0 Å². The number of hydrogen-bond donors (Lipinski definition) is 1. The zero-order valence-corrected chi connectivity index (χ0v) is 8.32. The van der Waals surface area contributed by atoms with Crippen LogP contribution in [0.5, 0.6) is 0 Å². The van der Waals surface area contributed by atoms with Gasteiger partial charge in [0.1, 0.15) is 0 Å². The highest BCUT2D eigenvalue weighted by Gasteiger charge is 2.14. The molecule has 3 heteroatoms. The van der Waals surface area contributed by atoms with Crippen LogP contribution in [0.2, 0.25) is 0 Å². The van der Waals surface area contributed by atoms with Gasteiger partial charge in [0, 0.05) is 9.76 Å². The molecule has 0 radical (unpaired) electrons. The monoisotopic (exact) mass is 131 g/mol. The molecule has 0 aliphatic heterocycles. The first-order valence-electron chi connectivity index (χ1n) is 3.17. The number of hydrogen-bond acceptors (Lipinski definition) is 1. The Morgan fingerprint density at radius 2 is 2.29 bits per heavy atom.